The van der Waals surface area contributed by atoms with E-state index in [9.17, 15) is 4.79 Å². The minimum Gasteiger partial charge on any atom is -0.360 e. The molecule has 4 nitrogen and oxygen atoms in total. The van der Waals surface area contributed by atoms with Gasteiger partial charge >= 0.3 is 0 Å². The first kappa shape index (κ1) is 15.3. The Balaban J connectivity index is 1.94. The molecule has 1 heterocycles. The van der Waals surface area contributed by atoms with Crippen LogP contribution in [0.5, 0.6) is 0 Å². The minimum absolute atomic E-state index is 0.0985. The van der Waals surface area contributed by atoms with Crippen molar-refractivity contribution in [3.05, 3.63) is 29.8 Å². The maximum absolute atomic E-state index is 12.1. The van der Waals surface area contributed by atoms with E-state index in [0.29, 0.717) is 13.1 Å². The lowest BCUT2D eigenvalue weighted by Gasteiger charge is -2.41. The summed E-state index contributed by atoms with van der Waals surface area (Å²) in [6.07, 6.45) is 6.17. The molecular weight excluding hydrogens is 274 g/mol. The van der Waals surface area contributed by atoms with Crippen molar-refractivity contribution in [2.24, 2.45) is 5.73 Å². The van der Waals surface area contributed by atoms with Crippen LogP contribution in [0, 0.1) is 0 Å². The highest BCUT2D eigenvalue weighted by molar-refractivity contribution is 5.83. The number of hydrogen-bond acceptors (Lipinski definition) is 3. The second kappa shape index (κ2) is 6.29. The van der Waals surface area contributed by atoms with Crippen molar-refractivity contribution in [3.8, 4) is 0 Å². The lowest BCUT2D eigenvalue weighted by Crippen LogP contribution is -2.49. The van der Waals surface area contributed by atoms with Crippen molar-refractivity contribution in [3.63, 3.8) is 0 Å². The second-order valence-electron chi connectivity index (χ2n) is 6.80. The molecule has 1 aliphatic heterocycles. The van der Waals surface area contributed by atoms with Gasteiger partial charge in [-0.05, 0) is 24.5 Å². The number of carbonyl (C=O) groups excluding carboxylic acids is 1. The minimum atomic E-state index is 0.0985. The zero-order chi connectivity index (χ0) is 15.6. The van der Waals surface area contributed by atoms with E-state index < -0.39 is 0 Å². The number of likely N-dealkylation sites (N-methyl/N-ethyl adjacent to an activating group) is 1. The van der Waals surface area contributed by atoms with Gasteiger partial charge in [0.2, 0.25) is 5.91 Å². The molecule has 22 heavy (non-hydrogen) atoms. The van der Waals surface area contributed by atoms with Crippen molar-refractivity contribution in [2.45, 2.75) is 37.5 Å². The average Bonchev–Trinajstić information content (AvgIpc) is 2.58. The first-order valence-corrected chi connectivity index (χ1v) is 8.45. The zero-order valence-electron chi connectivity index (χ0n) is 13.6. The fourth-order valence-corrected chi connectivity index (χ4v) is 3.97. The SMILES string of the molecule is CN1CCN(c2ccccc2C2(CN)CCCCC2)CC1=O. The smallest absolute Gasteiger partial charge is 0.241 e. The summed E-state index contributed by atoms with van der Waals surface area (Å²) in [5.41, 5.74) is 8.90. The second-order valence-corrected chi connectivity index (χ2v) is 6.80. The molecule has 0 bridgehead atoms. The maximum atomic E-state index is 12.1. The predicted octanol–water partition coefficient (Wildman–Crippen LogP) is 2.13. The summed E-state index contributed by atoms with van der Waals surface area (Å²) >= 11 is 0. The van der Waals surface area contributed by atoms with Gasteiger partial charge in [-0.15, -0.1) is 0 Å². The number of nitrogens with two attached hydrogens (primary N) is 1. The number of benzene rings is 1. The lowest BCUT2D eigenvalue weighted by molar-refractivity contribution is -0.129. The van der Waals surface area contributed by atoms with E-state index >= 15 is 0 Å². The molecule has 0 spiro atoms. The number of para-hydroxylation sites is 1. The quantitative estimate of drug-likeness (QED) is 0.930. The fraction of sp³-hybridized carbons (Fsp3) is 0.611. The normalized spacial score (nSPS) is 22.0. The van der Waals surface area contributed by atoms with Crippen molar-refractivity contribution in [1.82, 2.24) is 4.90 Å². The molecule has 0 radical (unpaired) electrons. The molecule has 1 aromatic carbocycles. The van der Waals surface area contributed by atoms with Crippen LogP contribution in [0.15, 0.2) is 24.3 Å². The first-order valence-electron chi connectivity index (χ1n) is 8.45. The van der Waals surface area contributed by atoms with E-state index in [2.05, 4.69) is 29.2 Å². The van der Waals surface area contributed by atoms with Crippen molar-refractivity contribution in [2.75, 3.05) is 38.1 Å². The third kappa shape index (κ3) is 2.72. The molecule has 2 aliphatic rings. The van der Waals surface area contributed by atoms with E-state index in [4.69, 9.17) is 5.73 Å². The molecule has 2 N–H and O–H groups in total. The number of hydrogen-bond donors (Lipinski definition) is 1. The Morgan fingerprint density at radius 1 is 1.14 bits per heavy atom. The lowest BCUT2D eigenvalue weighted by atomic mass is 9.69. The highest BCUT2D eigenvalue weighted by Crippen LogP contribution is 2.42. The standard InChI is InChI=1S/C18H27N3O/c1-20-11-12-21(13-17(20)22)16-8-4-3-7-15(16)18(14-19)9-5-2-6-10-18/h3-4,7-8H,2,5-6,9-14,19H2,1H3. The number of anilines is 1. The molecule has 0 atom stereocenters. The van der Waals surface area contributed by atoms with Gasteiger partial charge < -0.3 is 15.5 Å². The van der Waals surface area contributed by atoms with Crippen LogP contribution in [0.2, 0.25) is 0 Å². The van der Waals surface area contributed by atoms with Gasteiger partial charge in [-0.25, -0.2) is 0 Å². The van der Waals surface area contributed by atoms with Crippen LogP contribution >= 0.6 is 0 Å². The van der Waals surface area contributed by atoms with Gasteiger partial charge in [0.25, 0.3) is 0 Å². The Kier molecular flexibility index (Phi) is 4.39. The van der Waals surface area contributed by atoms with Gasteiger partial charge in [0.05, 0.1) is 6.54 Å². The van der Waals surface area contributed by atoms with E-state index in [1.807, 2.05) is 11.9 Å². The van der Waals surface area contributed by atoms with Crippen LogP contribution in [0.1, 0.15) is 37.7 Å². The monoisotopic (exact) mass is 301 g/mol. The van der Waals surface area contributed by atoms with Crippen LogP contribution in [0.3, 0.4) is 0 Å². The molecule has 120 valence electrons. The Morgan fingerprint density at radius 2 is 1.86 bits per heavy atom. The van der Waals surface area contributed by atoms with Gasteiger partial charge in [0, 0.05) is 37.8 Å². The highest BCUT2D eigenvalue weighted by Gasteiger charge is 2.36. The van der Waals surface area contributed by atoms with Crippen LogP contribution < -0.4 is 10.6 Å². The largest absolute Gasteiger partial charge is 0.360 e. The molecule has 2 fully saturated rings. The predicted molar refractivity (Wildman–Crippen MR) is 90.1 cm³/mol. The third-order valence-electron chi connectivity index (χ3n) is 5.47. The summed E-state index contributed by atoms with van der Waals surface area (Å²) in [6.45, 7) is 2.88. The summed E-state index contributed by atoms with van der Waals surface area (Å²) in [5, 5.41) is 0. The van der Waals surface area contributed by atoms with E-state index in [1.54, 1.807) is 0 Å². The van der Waals surface area contributed by atoms with E-state index in [1.165, 1.54) is 43.4 Å². The highest BCUT2D eigenvalue weighted by atomic mass is 16.2. The molecule has 0 aromatic heterocycles. The first-order chi connectivity index (χ1) is 10.7. The van der Waals surface area contributed by atoms with Gasteiger partial charge in [-0.1, -0.05) is 37.5 Å². The molecule has 1 aromatic rings. The van der Waals surface area contributed by atoms with Gasteiger partial charge in [0.15, 0.2) is 0 Å². The molecule has 1 saturated heterocycles. The Morgan fingerprint density at radius 3 is 2.55 bits per heavy atom. The summed E-state index contributed by atoms with van der Waals surface area (Å²) in [4.78, 5) is 16.1. The molecule has 3 rings (SSSR count). The number of nitrogens with zero attached hydrogens (tertiary/aromatic N) is 2. The molecule has 0 unspecified atom stereocenters. The molecule has 4 heteroatoms. The van der Waals surface area contributed by atoms with Gasteiger partial charge in [-0.3, -0.25) is 4.79 Å². The number of piperazine rings is 1. The molecule has 1 saturated carbocycles. The van der Waals surface area contributed by atoms with Crippen LogP contribution in [0.4, 0.5) is 5.69 Å². The molecule has 1 amide bonds. The van der Waals surface area contributed by atoms with Crippen molar-refractivity contribution >= 4 is 11.6 Å². The van der Waals surface area contributed by atoms with Crippen LogP contribution in [0.25, 0.3) is 0 Å². The third-order valence-corrected chi connectivity index (χ3v) is 5.47. The van der Waals surface area contributed by atoms with E-state index in [-0.39, 0.29) is 11.3 Å². The zero-order valence-corrected chi connectivity index (χ0v) is 13.6. The molecular formula is C18H27N3O. The number of carbonyl (C=O) groups is 1. The van der Waals surface area contributed by atoms with Crippen LogP contribution in [-0.4, -0.2) is 44.0 Å². The Bertz CT molecular complexity index is 537. The van der Waals surface area contributed by atoms with E-state index in [0.717, 1.165) is 13.1 Å². The van der Waals surface area contributed by atoms with Gasteiger partial charge in [-0.2, -0.15) is 0 Å². The number of amides is 1. The Hall–Kier alpha value is -1.55. The maximum Gasteiger partial charge on any atom is 0.241 e. The number of rotatable bonds is 3. The summed E-state index contributed by atoms with van der Waals surface area (Å²) in [6, 6.07) is 8.59. The molecule has 1 aliphatic carbocycles. The average molecular weight is 301 g/mol. The van der Waals surface area contributed by atoms with Gasteiger partial charge in [0.1, 0.15) is 0 Å². The van der Waals surface area contributed by atoms with Crippen molar-refractivity contribution in [1.29, 1.82) is 0 Å². The van der Waals surface area contributed by atoms with Crippen molar-refractivity contribution < 1.29 is 4.79 Å². The fourth-order valence-electron chi connectivity index (χ4n) is 3.97. The Labute approximate surface area is 133 Å². The summed E-state index contributed by atoms with van der Waals surface area (Å²) < 4.78 is 0. The van der Waals surface area contributed by atoms with Crippen LogP contribution in [-0.2, 0) is 10.2 Å². The topological polar surface area (TPSA) is 49.6 Å². The summed E-state index contributed by atoms with van der Waals surface area (Å²) in [7, 11) is 1.88. The summed E-state index contributed by atoms with van der Waals surface area (Å²) in [5.74, 6) is 0.200.